The van der Waals surface area contributed by atoms with Crippen molar-refractivity contribution in [2.75, 3.05) is 23.7 Å². The average molecular weight is 299 g/mol. The van der Waals surface area contributed by atoms with E-state index < -0.39 is 28.3 Å². The highest BCUT2D eigenvalue weighted by atomic mass is 32.2. The summed E-state index contributed by atoms with van der Waals surface area (Å²) in [4.78, 5) is 23.5. The Labute approximate surface area is 115 Å². The SMILES string of the molecule is CCS(=O)(=O)c1ccc2c(c1)N(CC(=O)O)CC(=O)O2. The zero-order valence-electron chi connectivity index (χ0n) is 10.7. The van der Waals surface area contributed by atoms with E-state index in [4.69, 9.17) is 9.84 Å². The third-order valence-electron chi connectivity index (χ3n) is 2.88. The van der Waals surface area contributed by atoms with E-state index in [9.17, 15) is 18.0 Å². The highest BCUT2D eigenvalue weighted by Gasteiger charge is 2.27. The van der Waals surface area contributed by atoms with Crippen molar-refractivity contribution in [2.24, 2.45) is 0 Å². The van der Waals surface area contributed by atoms with Crippen LogP contribution in [0.1, 0.15) is 6.92 Å². The number of aliphatic carboxylic acids is 1. The molecule has 1 aromatic rings. The number of hydrogen-bond acceptors (Lipinski definition) is 6. The summed E-state index contributed by atoms with van der Waals surface area (Å²) in [5.74, 6) is -1.60. The predicted molar refractivity (Wildman–Crippen MR) is 69.7 cm³/mol. The molecule has 0 radical (unpaired) electrons. The number of anilines is 1. The first kappa shape index (κ1) is 14.3. The second-order valence-electron chi connectivity index (χ2n) is 4.26. The first-order chi connectivity index (χ1) is 9.33. The topological polar surface area (TPSA) is 101 Å². The molecule has 0 saturated carbocycles. The summed E-state index contributed by atoms with van der Waals surface area (Å²) in [6, 6.07) is 4.04. The smallest absolute Gasteiger partial charge is 0.331 e. The molecule has 7 nitrogen and oxygen atoms in total. The Bertz CT molecular complexity index is 667. The molecule has 1 N–H and O–H groups in total. The van der Waals surface area contributed by atoms with Crippen LogP contribution in [0.4, 0.5) is 5.69 Å². The van der Waals surface area contributed by atoms with Gasteiger partial charge in [0.2, 0.25) is 0 Å². The molecule has 0 unspecified atom stereocenters. The molecule has 0 spiro atoms. The van der Waals surface area contributed by atoms with Gasteiger partial charge >= 0.3 is 11.9 Å². The number of benzene rings is 1. The summed E-state index contributed by atoms with van der Waals surface area (Å²) < 4.78 is 28.7. The molecule has 0 amide bonds. The van der Waals surface area contributed by atoms with E-state index in [0.29, 0.717) is 5.69 Å². The van der Waals surface area contributed by atoms with Crippen LogP contribution in [0.3, 0.4) is 0 Å². The summed E-state index contributed by atoms with van der Waals surface area (Å²) in [5, 5.41) is 8.84. The van der Waals surface area contributed by atoms with Gasteiger partial charge in [0.15, 0.2) is 15.6 Å². The number of fused-ring (bicyclic) bond motifs is 1. The number of carboxylic acids is 1. The molecular formula is C12H13NO6S. The lowest BCUT2D eigenvalue weighted by molar-refractivity contribution is -0.136. The predicted octanol–water partition coefficient (Wildman–Crippen LogP) is 0.290. The summed E-state index contributed by atoms with van der Waals surface area (Å²) in [6.07, 6.45) is 0. The third kappa shape index (κ3) is 2.74. The quantitative estimate of drug-likeness (QED) is 0.630. The number of esters is 1. The Hall–Kier alpha value is -2.09. The molecule has 0 atom stereocenters. The van der Waals surface area contributed by atoms with Crippen LogP contribution < -0.4 is 9.64 Å². The van der Waals surface area contributed by atoms with Crippen molar-refractivity contribution >= 4 is 27.5 Å². The second-order valence-corrected chi connectivity index (χ2v) is 6.54. The second kappa shape index (κ2) is 5.12. The van der Waals surface area contributed by atoms with E-state index in [2.05, 4.69) is 0 Å². The van der Waals surface area contributed by atoms with Crippen LogP contribution in [-0.4, -0.2) is 44.3 Å². The molecule has 1 aliphatic rings. The van der Waals surface area contributed by atoms with E-state index >= 15 is 0 Å². The van der Waals surface area contributed by atoms with Gasteiger partial charge < -0.3 is 14.7 Å². The van der Waals surface area contributed by atoms with Crippen LogP contribution in [-0.2, 0) is 19.4 Å². The van der Waals surface area contributed by atoms with E-state index in [1.54, 1.807) is 0 Å². The number of ether oxygens (including phenoxy) is 1. The molecule has 0 aliphatic carbocycles. The van der Waals surface area contributed by atoms with Gasteiger partial charge in [0, 0.05) is 0 Å². The first-order valence-electron chi connectivity index (χ1n) is 5.87. The van der Waals surface area contributed by atoms with Gasteiger partial charge in [-0.1, -0.05) is 6.92 Å². The number of sulfone groups is 1. The first-order valence-corrected chi connectivity index (χ1v) is 7.53. The standard InChI is InChI=1S/C12H13NO6S/c1-2-20(17,18)8-3-4-10-9(5-8)13(6-11(14)15)7-12(16)19-10/h3-5H,2,6-7H2,1H3,(H,14,15). The zero-order valence-corrected chi connectivity index (χ0v) is 11.5. The number of nitrogens with zero attached hydrogens (tertiary/aromatic N) is 1. The van der Waals surface area contributed by atoms with Crippen LogP contribution in [0.5, 0.6) is 5.75 Å². The molecule has 0 fully saturated rings. The van der Waals surface area contributed by atoms with Gasteiger partial charge in [0.05, 0.1) is 16.3 Å². The lowest BCUT2D eigenvalue weighted by Crippen LogP contribution is -2.40. The van der Waals surface area contributed by atoms with Crippen molar-refractivity contribution in [3.8, 4) is 5.75 Å². The van der Waals surface area contributed by atoms with E-state index in [-0.39, 0.29) is 22.9 Å². The lowest BCUT2D eigenvalue weighted by Gasteiger charge is -2.28. The zero-order chi connectivity index (χ0) is 14.9. The van der Waals surface area contributed by atoms with Crippen molar-refractivity contribution in [1.29, 1.82) is 0 Å². The summed E-state index contributed by atoms with van der Waals surface area (Å²) in [5.41, 5.74) is 0.293. The molecule has 20 heavy (non-hydrogen) atoms. The number of rotatable bonds is 4. The molecule has 1 aromatic carbocycles. The average Bonchev–Trinajstić information content (AvgIpc) is 2.37. The highest BCUT2D eigenvalue weighted by Crippen LogP contribution is 2.34. The van der Waals surface area contributed by atoms with Crippen LogP contribution in [0.2, 0.25) is 0 Å². The Balaban J connectivity index is 2.49. The van der Waals surface area contributed by atoms with Gasteiger partial charge in [0.25, 0.3) is 0 Å². The Morgan fingerprint density at radius 1 is 1.45 bits per heavy atom. The molecule has 8 heteroatoms. The third-order valence-corrected chi connectivity index (χ3v) is 4.61. The molecular weight excluding hydrogens is 286 g/mol. The van der Waals surface area contributed by atoms with E-state index in [0.717, 1.165) is 0 Å². The van der Waals surface area contributed by atoms with Crippen LogP contribution in [0, 0.1) is 0 Å². The largest absolute Gasteiger partial charge is 0.480 e. The summed E-state index contributed by atoms with van der Waals surface area (Å²) in [6.45, 7) is 0.885. The molecule has 1 heterocycles. The van der Waals surface area contributed by atoms with E-state index in [1.807, 2.05) is 0 Å². The van der Waals surface area contributed by atoms with Gasteiger partial charge in [-0.15, -0.1) is 0 Å². The van der Waals surface area contributed by atoms with Crippen LogP contribution in [0.15, 0.2) is 23.1 Å². The molecule has 0 aromatic heterocycles. The van der Waals surface area contributed by atoms with E-state index in [1.165, 1.54) is 30.0 Å². The van der Waals surface area contributed by atoms with Crippen LogP contribution >= 0.6 is 0 Å². The highest BCUT2D eigenvalue weighted by molar-refractivity contribution is 7.91. The number of carbonyl (C=O) groups excluding carboxylic acids is 1. The maximum absolute atomic E-state index is 11.8. The molecule has 0 saturated heterocycles. The summed E-state index contributed by atoms with van der Waals surface area (Å²) in [7, 11) is -3.41. The molecule has 0 bridgehead atoms. The molecule has 108 valence electrons. The van der Waals surface area contributed by atoms with Crippen molar-refractivity contribution in [1.82, 2.24) is 0 Å². The summed E-state index contributed by atoms with van der Waals surface area (Å²) >= 11 is 0. The van der Waals surface area contributed by atoms with Gasteiger partial charge in [-0.2, -0.15) is 0 Å². The van der Waals surface area contributed by atoms with Gasteiger partial charge in [0.1, 0.15) is 13.1 Å². The maximum atomic E-state index is 11.8. The van der Waals surface area contributed by atoms with Crippen molar-refractivity contribution in [3.05, 3.63) is 18.2 Å². The number of carboxylic acid groups (broad SMARTS) is 1. The Kier molecular flexibility index (Phi) is 3.67. The minimum absolute atomic E-state index is 0.0650. The minimum atomic E-state index is -3.41. The maximum Gasteiger partial charge on any atom is 0.331 e. The van der Waals surface area contributed by atoms with Gasteiger partial charge in [-0.05, 0) is 18.2 Å². The Morgan fingerprint density at radius 2 is 2.15 bits per heavy atom. The van der Waals surface area contributed by atoms with Gasteiger partial charge in [-0.25, -0.2) is 13.2 Å². The fourth-order valence-electron chi connectivity index (χ4n) is 1.89. The van der Waals surface area contributed by atoms with Crippen molar-refractivity contribution < 1.29 is 27.9 Å². The fraction of sp³-hybridized carbons (Fsp3) is 0.333. The fourth-order valence-corrected chi connectivity index (χ4v) is 2.79. The number of carbonyl (C=O) groups is 2. The van der Waals surface area contributed by atoms with Gasteiger partial charge in [-0.3, -0.25) is 4.79 Å². The lowest BCUT2D eigenvalue weighted by atomic mass is 10.2. The normalized spacial score (nSPS) is 14.7. The molecule has 2 rings (SSSR count). The van der Waals surface area contributed by atoms with Crippen molar-refractivity contribution in [2.45, 2.75) is 11.8 Å². The Morgan fingerprint density at radius 3 is 2.75 bits per heavy atom. The number of hydrogen-bond donors (Lipinski definition) is 1. The van der Waals surface area contributed by atoms with Crippen molar-refractivity contribution in [3.63, 3.8) is 0 Å². The van der Waals surface area contributed by atoms with Crippen LogP contribution in [0.25, 0.3) is 0 Å². The monoisotopic (exact) mass is 299 g/mol. The molecule has 1 aliphatic heterocycles. The minimum Gasteiger partial charge on any atom is -0.480 e.